The molecule has 0 aliphatic heterocycles. The Kier molecular flexibility index (Phi) is 7.04. The standard InChI is InChI=1S/C24H23ClN2O2/c1-17(2)23(19-11-13-20(25)14-12-19)24(28)27-26-16-18-7-6-10-22(15-18)29-21-8-4-3-5-9-21/h3-17,23H,1-2H3,(H,27,28). The first-order chi connectivity index (χ1) is 14.0. The molecule has 0 aliphatic rings. The molecule has 0 bridgehead atoms. The minimum Gasteiger partial charge on any atom is -0.457 e. The third kappa shape index (κ3) is 5.93. The topological polar surface area (TPSA) is 50.7 Å². The summed E-state index contributed by atoms with van der Waals surface area (Å²) in [6, 6.07) is 24.4. The van der Waals surface area contributed by atoms with Gasteiger partial charge in [-0.3, -0.25) is 4.79 Å². The normalized spacial score (nSPS) is 12.1. The number of nitrogens with one attached hydrogen (secondary N) is 1. The molecule has 0 fully saturated rings. The van der Waals surface area contributed by atoms with Crippen LogP contribution in [0.3, 0.4) is 0 Å². The number of benzene rings is 3. The molecule has 3 aromatic rings. The van der Waals surface area contributed by atoms with Gasteiger partial charge in [0.2, 0.25) is 5.91 Å². The second kappa shape index (κ2) is 9.89. The van der Waals surface area contributed by atoms with E-state index in [1.54, 1.807) is 18.3 Å². The molecule has 1 N–H and O–H groups in total. The average molecular weight is 407 g/mol. The highest BCUT2D eigenvalue weighted by Crippen LogP contribution is 2.26. The monoisotopic (exact) mass is 406 g/mol. The molecule has 0 heterocycles. The first kappa shape index (κ1) is 20.6. The first-order valence-electron chi connectivity index (χ1n) is 9.44. The van der Waals surface area contributed by atoms with E-state index >= 15 is 0 Å². The number of para-hydroxylation sites is 1. The number of ether oxygens (including phenoxy) is 1. The van der Waals surface area contributed by atoms with Crippen molar-refractivity contribution in [2.45, 2.75) is 19.8 Å². The molecule has 0 saturated carbocycles. The lowest BCUT2D eigenvalue weighted by Crippen LogP contribution is -2.28. The van der Waals surface area contributed by atoms with E-state index in [1.807, 2.05) is 80.6 Å². The van der Waals surface area contributed by atoms with Gasteiger partial charge in [0.1, 0.15) is 11.5 Å². The molecule has 1 amide bonds. The van der Waals surface area contributed by atoms with E-state index in [4.69, 9.17) is 16.3 Å². The number of hydrogen-bond donors (Lipinski definition) is 1. The molecule has 0 radical (unpaired) electrons. The van der Waals surface area contributed by atoms with E-state index < -0.39 is 0 Å². The summed E-state index contributed by atoms with van der Waals surface area (Å²) < 4.78 is 5.82. The van der Waals surface area contributed by atoms with Gasteiger partial charge in [-0.15, -0.1) is 0 Å². The second-order valence-corrected chi connectivity index (χ2v) is 7.43. The fourth-order valence-corrected chi connectivity index (χ4v) is 3.16. The molecule has 0 spiro atoms. The Hall–Kier alpha value is -3.11. The molecular formula is C24H23ClN2O2. The summed E-state index contributed by atoms with van der Waals surface area (Å²) in [5.41, 5.74) is 4.39. The Morgan fingerprint density at radius 3 is 2.34 bits per heavy atom. The number of carbonyl (C=O) groups is 1. The van der Waals surface area contributed by atoms with Gasteiger partial charge in [-0.2, -0.15) is 5.10 Å². The Morgan fingerprint density at radius 2 is 1.66 bits per heavy atom. The predicted molar refractivity (Wildman–Crippen MR) is 118 cm³/mol. The number of amides is 1. The van der Waals surface area contributed by atoms with Crippen molar-refractivity contribution >= 4 is 23.7 Å². The highest BCUT2D eigenvalue weighted by Gasteiger charge is 2.23. The molecule has 148 valence electrons. The van der Waals surface area contributed by atoms with Gasteiger partial charge in [0.15, 0.2) is 0 Å². The smallest absolute Gasteiger partial charge is 0.247 e. The molecule has 3 aromatic carbocycles. The van der Waals surface area contributed by atoms with Crippen molar-refractivity contribution in [3.63, 3.8) is 0 Å². The SMILES string of the molecule is CC(C)C(C(=O)NN=Cc1cccc(Oc2ccccc2)c1)c1ccc(Cl)cc1. The van der Waals surface area contributed by atoms with Gasteiger partial charge in [-0.25, -0.2) is 5.43 Å². The van der Waals surface area contributed by atoms with Gasteiger partial charge < -0.3 is 4.74 Å². The molecule has 29 heavy (non-hydrogen) atoms. The van der Waals surface area contributed by atoms with Crippen LogP contribution < -0.4 is 10.2 Å². The maximum absolute atomic E-state index is 12.7. The van der Waals surface area contributed by atoms with Crippen LogP contribution in [-0.4, -0.2) is 12.1 Å². The number of carbonyl (C=O) groups excluding carboxylic acids is 1. The van der Waals surface area contributed by atoms with Crippen LogP contribution in [0.4, 0.5) is 0 Å². The Balaban J connectivity index is 1.66. The van der Waals surface area contributed by atoms with Gasteiger partial charge in [0.05, 0.1) is 12.1 Å². The lowest BCUT2D eigenvalue weighted by Gasteiger charge is -2.19. The van der Waals surface area contributed by atoms with E-state index in [-0.39, 0.29) is 17.7 Å². The van der Waals surface area contributed by atoms with Gasteiger partial charge in [-0.05, 0) is 53.4 Å². The van der Waals surface area contributed by atoms with E-state index in [2.05, 4.69) is 10.5 Å². The molecule has 1 atom stereocenters. The number of hydrogen-bond acceptors (Lipinski definition) is 3. The summed E-state index contributed by atoms with van der Waals surface area (Å²) in [5, 5.41) is 4.78. The van der Waals surface area contributed by atoms with Crippen LogP contribution in [0.2, 0.25) is 5.02 Å². The minimum absolute atomic E-state index is 0.119. The number of hydrazone groups is 1. The second-order valence-electron chi connectivity index (χ2n) is 7.00. The lowest BCUT2D eigenvalue weighted by molar-refractivity contribution is -0.123. The van der Waals surface area contributed by atoms with Crippen molar-refractivity contribution in [1.29, 1.82) is 0 Å². The van der Waals surface area contributed by atoms with E-state index in [9.17, 15) is 4.79 Å². The van der Waals surface area contributed by atoms with Crippen LogP contribution in [0.5, 0.6) is 11.5 Å². The molecule has 0 saturated heterocycles. The Bertz CT molecular complexity index is 970. The first-order valence-corrected chi connectivity index (χ1v) is 9.82. The highest BCUT2D eigenvalue weighted by atomic mass is 35.5. The van der Waals surface area contributed by atoms with Crippen LogP contribution in [0.1, 0.15) is 30.9 Å². The average Bonchev–Trinajstić information content (AvgIpc) is 2.70. The fraction of sp³-hybridized carbons (Fsp3) is 0.167. The summed E-state index contributed by atoms with van der Waals surface area (Å²) in [4.78, 5) is 12.7. The van der Waals surface area contributed by atoms with Crippen LogP contribution in [0.25, 0.3) is 0 Å². The maximum atomic E-state index is 12.7. The lowest BCUT2D eigenvalue weighted by atomic mass is 9.88. The third-order valence-corrected chi connectivity index (χ3v) is 4.66. The summed E-state index contributed by atoms with van der Waals surface area (Å²) in [6.07, 6.45) is 1.61. The van der Waals surface area contributed by atoms with Crippen LogP contribution >= 0.6 is 11.6 Å². The van der Waals surface area contributed by atoms with Gasteiger partial charge in [-0.1, -0.05) is 67.9 Å². The van der Waals surface area contributed by atoms with Crippen molar-refractivity contribution < 1.29 is 9.53 Å². The van der Waals surface area contributed by atoms with Crippen molar-refractivity contribution in [1.82, 2.24) is 5.43 Å². The molecule has 4 nitrogen and oxygen atoms in total. The van der Waals surface area contributed by atoms with Crippen LogP contribution in [0, 0.1) is 5.92 Å². The molecule has 0 aromatic heterocycles. The molecule has 3 rings (SSSR count). The zero-order valence-corrected chi connectivity index (χ0v) is 17.1. The molecule has 1 unspecified atom stereocenters. The number of halogens is 1. The van der Waals surface area contributed by atoms with Crippen molar-refractivity contribution in [3.05, 3.63) is 95.0 Å². The number of rotatable bonds is 7. The Labute approximate surface area is 176 Å². The van der Waals surface area contributed by atoms with Crippen molar-refractivity contribution in [3.8, 4) is 11.5 Å². The molecule has 5 heteroatoms. The van der Waals surface area contributed by atoms with E-state index in [0.717, 1.165) is 16.9 Å². The summed E-state index contributed by atoms with van der Waals surface area (Å²) >= 11 is 5.96. The third-order valence-electron chi connectivity index (χ3n) is 4.40. The zero-order valence-electron chi connectivity index (χ0n) is 16.4. The summed E-state index contributed by atoms with van der Waals surface area (Å²) in [6.45, 7) is 4.01. The predicted octanol–water partition coefficient (Wildman–Crippen LogP) is 6.02. The minimum atomic E-state index is -0.308. The van der Waals surface area contributed by atoms with Crippen molar-refractivity contribution in [2.75, 3.05) is 0 Å². The molecular weight excluding hydrogens is 384 g/mol. The quantitative estimate of drug-likeness (QED) is 0.385. The largest absolute Gasteiger partial charge is 0.457 e. The maximum Gasteiger partial charge on any atom is 0.247 e. The fourth-order valence-electron chi connectivity index (χ4n) is 3.03. The van der Waals surface area contributed by atoms with Gasteiger partial charge >= 0.3 is 0 Å². The molecule has 0 aliphatic carbocycles. The van der Waals surface area contributed by atoms with E-state index in [1.165, 1.54) is 0 Å². The van der Waals surface area contributed by atoms with Gasteiger partial charge in [0, 0.05) is 5.02 Å². The van der Waals surface area contributed by atoms with Gasteiger partial charge in [0.25, 0.3) is 0 Å². The van der Waals surface area contributed by atoms with Crippen LogP contribution in [0.15, 0.2) is 84.0 Å². The Morgan fingerprint density at radius 1 is 0.966 bits per heavy atom. The van der Waals surface area contributed by atoms with Crippen LogP contribution in [-0.2, 0) is 4.79 Å². The van der Waals surface area contributed by atoms with Crippen molar-refractivity contribution in [2.24, 2.45) is 11.0 Å². The number of nitrogens with zero attached hydrogens (tertiary/aromatic N) is 1. The highest BCUT2D eigenvalue weighted by molar-refractivity contribution is 6.30. The summed E-state index contributed by atoms with van der Waals surface area (Å²) in [5.74, 6) is 1.12. The van der Waals surface area contributed by atoms with E-state index in [0.29, 0.717) is 10.8 Å². The summed E-state index contributed by atoms with van der Waals surface area (Å²) in [7, 11) is 0. The zero-order chi connectivity index (χ0) is 20.6.